The van der Waals surface area contributed by atoms with Crippen molar-refractivity contribution in [3.63, 3.8) is 0 Å². The van der Waals surface area contributed by atoms with E-state index in [0.717, 1.165) is 11.1 Å². The first-order valence-electron chi connectivity index (χ1n) is 8.26. The van der Waals surface area contributed by atoms with Gasteiger partial charge in [-0.1, -0.05) is 24.3 Å². The molecule has 0 bridgehead atoms. The van der Waals surface area contributed by atoms with Gasteiger partial charge in [-0.2, -0.15) is 0 Å². The Morgan fingerprint density at radius 2 is 1.81 bits per heavy atom. The molecule has 0 aromatic heterocycles. The van der Waals surface area contributed by atoms with Gasteiger partial charge >= 0.3 is 5.97 Å². The van der Waals surface area contributed by atoms with E-state index in [0.29, 0.717) is 23.6 Å². The van der Waals surface area contributed by atoms with Crippen LogP contribution in [0, 0.1) is 0 Å². The van der Waals surface area contributed by atoms with Crippen molar-refractivity contribution in [3.8, 4) is 11.5 Å². The highest BCUT2D eigenvalue weighted by Crippen LogP contribution is 2.37. The number of hydrogen-bond donors (Lipinski definition) is 0. The topological polar surface area (TPSA) is 65.1 Å². The van der Waals surface area contributed by atoms with Gasteiger partial charge in [0, 0.05) is 12.1 Å². The Kier molecular flexibility index (Phi) is 5.11. The molecule has 3 rings (SSSR count). The first-order chi connectivity index (χ1) is 12.6. The van der Waals surface area contributed by atoms with Crippen LogP contribution in [0.25, 0.3) is 0 Å². The molecule has 0 saturated heterocycles. The van der Waals surface area contributed by atoms with Crippen molar-refractivity contribution in [3.05, 3.63) is 59.2 Å². The predicted molar refractivity (Wildman–Crippen MR) is 95.2 cm³/mol. The first-order valence-corrected chi connectivity index (χ1v) is 8.26. The second-order valence-electron chi connectivity index (χ2n) is 6.00. The van der Waals surface area contributed by atoms with Crippen molar-refractivity contribution >= 4 is 11.9 Å². The Morgan fingerprint density at radius 1 is 1.08 bits per heavy atom. The van der Waals surface area contributed by atoms with Crippen molar-refractivity contribution in [2.45, 2.75) is 19.0 Å². The van der Waals surface area contributed by atoms with E-state index >= 15 is 0 Å². The second kappa shape index (κ2) is 7.47. The van der Waals surface area contributed by atoms with E-state index < -0.39 is 6.04 Å². The van der Waals surface area contributed by atoms with Gasteiger partial charge in [-0.15, -0.1) is 0 Å². The van der Waals surface area contributed by atoms with Crippen LogP contribution in [0.3, 0.4) is 0 Å². The molecule has 0 spiro atoms. The summed E-state index contributed by atoms with van der Waals surface area (Å²) in [6.45, 7) is 0.449. The van der Waals surface area contributed by atoms with Crippen LogP contribution in [0.15, 0.2) is 42.5 Å². The molecule has 1 unspecified atom stereocenters. The molecule has 1 amide bonds. The van der Waals surface area contributed by atoms with E-state index in [2.05, 4.69) is 0 Å². The van der Waals surface area contributed by atoms with Gasteiger partial charge in [0.25, 0.3) is 5.91 Å². The molecule has 26 heavy (non-hydrogen) atoms. The van der Waals surface area contributed by atoms with Gasteiger partial charge in [0.2, 0.25) is 0 Å². The molecule has 6 nitrogen and oxygen atoms in total. The zero-order chi connectivity index (χ0) is 18.7. The average Bonchev–Trinajstić information content (AvgIpc) is 3.02. The van der Waals surface area contributed by atoms with Gasteiger partial charge in [0.05, 0.1) is 33.8 Å². The fraction of sp³-hybridized carbons (Fsp3) is 0.300. The minimum Gasteiger partial charge on any atom is -0.493 e. The minimum absolute atomic E-state index is 0.0612. The molecule has 0 N–H and O–H groups in total. The number of rotatable bonds is 6. The Balaban J connectivity index is 1.99. The fourth-order valence-corrected chi connectivity index (χ4v) is 3.24. The van der Waals surface area contributed by atoms with Gasteiger partial charge in [-0.3, -0.25) is 9.59 Å². The van der Waals surface area contributed by atoms with Crippen LogP contribution in [-0.2, 0) is 16.1 Å². The van der Waals surface area contributed by atoms with Crippen molar-refractivity contribution in [2.75, 3.05) is 21.3 Å². The predicted octanol–water partition coefficient (Wildman–Crippen LogP) is 2.96. The number of nitrogens with zero attached hydrogens (tertiary/aromatic N) is 1. The minimum atomic E-state index is -0.456. The fourth-order valence-electron chi connectivity index (χ4n) is 3.24. The number of fused-ring (bicyclic) bond motifs is 1. The Bertz CT molecular complexity index is 833. The van der Waals surface area contributed by atoms with Crippen molar-refractivity contribution in [1.29, 1.82) is 0 Å². The van der Waals surface area contributed by atoms with Gasteiger partial charge < -0.3 is 19.1 Å². The average molecular weight is 355 g/mol. The summed E-state index contributed by atoms with van der Waals surface area (Å²) in [7, 11) is 4.45. The summed E-state index contributed by atoms with van der Waals surface area (Å²) in [5.41, 5.74) is 2.41. The van der Waals surface area contributed by atoms with Crippen LogP contribution in [0.5, 0.6) is 11.5 Å². The number of hydrogen-bond acceptors (Lipinski definition) is 5. The van der Waals surface area contributed by atoms with Crippen molar-refractivity contribution < 1.29 is 23.8 Å². The maximum atomic E-state index is 12.9. The van der Waals surface area contributed by atoms with E-state index in [1.54, 1.807) is 31.3 Å². The third-order valence-corrected chi connectivity index (χ3v) is 4.61. The highest BCUT2D eigenvalue weighted by molar-refractivity contribution is 5.98. The quantitative estimate of drug-likeness (QED) is 0.746. The summed E-state index contributed by atoms with van der Waals surface area (Å²) in [5.74, 6) is 0.658. The van der Waals surface area contributed by atoms with E-state index in [-0.39, 0.29) is 18.3 Å². The monoisotopic (exact) mass is 355 g/mol. The molecule has 136 valence electrons. The third kappa shape index (κ3) is 3.22. The summed E-state index contributed by atoms with van der Waals surface area (Å²) in [6.07, 6.45) is 0.0612. The second-order valence-corrected chi connectivity index (χ2v) is 6.00. The number of carbonyl (C=O) groups is 2. The van der Waals surface area contributed by atoms with E-state index in [1.807, 2.05) is 30.3 Å². The molecule has 6 heteroatoms. The molecule has 0 aliphatic carbocycles. The largest absolute Gasteiger partial charge is 0.493 e. The lowest BCUT2D eigenvalue weighted by Crippen LogP contribution is -2.31. The summed E-state index contributed by atoms with van der Waals surface area (Å²) >= 11 is 0. The maximum absolute atomic E-state index is 12.9. The lowest BCUT2D eigenvalue weighted by molar-refractivity contribution is -0.141. The number of methoxy groups -OCH3 is 3. The van der Waals surface area contributed by atoms with Crippen LogP contribution >= 0.6 is 0 Å². The number of ether oxygens (including phenoxy) is 3. The Hall–Kier alpha value is -3.02. The number of carbonyl (C=O) groups excluding carboxylic acids is 2. The van der Waals surface area contributed by atoms with E-state index in [4.69, 9.17) is 14.2 Å². The summed E-state index contributed by atoms with van der Waals surface area (Å²) in [6, 6.07) is 12.4. The number of esters is 1. The SMILES string of the molecule is COC(=O)CC(c1ccc(OC)c(OC)c1)N1Cc2ccccc2C1=O. The molecule has 0 fully saturated rings. The zero-order valence-corrected chi connectivity index (χ0v) is 15.0. The van der Waals surface area contributed by atoms with E-state index in [9.17, 15) is 9.59 Å². The maximum Gasteiger partial charge on any atom is 0.307 e. The van der Waals surface area contributed by atoms with Crippen molar-refractivity contribution in [2.24, 2.45) is 0 Å². The van der Waals surface area contributed by atoms with Crippen LogP contribution in [0.1, 0.15) is 33.9 Å². The molecule has 1 aliphatic rings. The Labute approximate surface area is 152 Å². The molecule has 1 heterocycles. The lowest BCUT2D eigenvalue weighted by atomic mass is 10.0. The standard InChI is InChI=1S/C20H21NO5/c1-24-17-9-8-13(10-18(17)25-2)16(11-19(22)26-3)21-12-14-6-4-5-7-15(14)20(21)23/h4-10,16H,11-12H2,1-3H3. The highest BCUT2D eigenvalue weighted by Gasteiger charge is 2.35. The smallest absolute Gasteiger partial charge is 0.307 e. The Morgan fingerprint density at radius 3 is 2.46 bits per heavy atom. The van der Waals surface area contributed by atoms with Gasteiger partial charge in [-0.25, -0.2) is 0 Å². The van der Waals surface area contributed by atoms with Crippen LogP contribution in [-0.4, -0.2) is 38.1 Å². The lowest BCUT2D eigenvalue weighted by Gasteiger charge is -2.28. The molecular weight excluding hydrogens is 334 g/mol. The van der Waals surface area contributed by atoms with Gasteiger partial charge in [0.1, 0.15) is 0 Å². The normalized spacial score (nSPS) is 14.0. The van der Waals surface area contributed by atoms with E-state index in [1.165, 1.54) is 7.11 Å². The zero-order valence-electron chi connectivity index (χ0n) is 15.0. The van der Waals surface area contributed by atoms with Crippen LogP contribution in [0.4, 0.5) is 0 Å². The van der Waals surface area contributed by atoms with Gasteiger partial charge in [0.15, 0.2) is 11.5 Å². The molecule has 0 radical (unpaired) electrons. The molecule has 1 aliphatic heterocycles. The molecule has 1 atom stereocenters. The van der Waals surface area contributed by atoms with Crippen LogP contribution in [0.2, 0.25) is 0 Å². The summed E-state index contributed by atoms with van der Waals surface area (Å²) in [5, 5.41) is 0. The van der Waals surface area contributed by atoms with Crippen molar-refractivity contribution in [1.82, 2.24) is 4.90 Å². The van der Waals surface area contributed by atoms with Crippen LogP contribution < -0.4 is 9.47 Å². The summed E-state index contributed by atoms with van der Waals surface area (Å²) < 4.78 is 15.5. The molecular formula is C20H21NO5. The molecule has 0 saturated carbocycles. The first kappa shape index (κ1) is 17.8. The third-order valence-electron chi connectivity index (χ3n) is 4.61. The molecule has 2 aromatic rings. The van der Waals surface area contributed by atoms with Gasteiger partial charge in [-0.05, 0) is 29.3 Å². The number of amides is 1. The summed E-state index contributed by atoms with van der Waals surface area (Å²) in [4.78, 5) is 26.6. The number of benzene rings is 2. The highest BCUT2D eigenvalue weighted by atomic mass is 16.5. The molecule has 2 aromatic carbocycles.